The molecule has 0 unspecified atom stereocenters. The minimum atomic E-state index is -4.32. The average Bonchev–Trinajstić information content (AvgIpc) is 3.42. The third-order valence-electron chi connectivity index (χ3n) is 5.52. The molecule has 0 spiro atoms. The van der Waals surface area contributed by atoms with Crippen molar-refractivity contribution in [2.45, 2.75) is 60.3 Å². The third-order valence-corrected chi connectivity index (χ3v) is 6.26. The number of halogens is 3. The summed E-state index contributed by atoms with van der Waals surface area (Å²) in [4.78, 5) is 31.9. The smallest absolute Gasteiger partial charge is 0.310 e. The van der Waals surface area contributed by atoms with Gasteiger partial charge in [-0.25, -0.2) is 4.98 Å². The zero-order valence-corrected chi connectivity index (χ0v) is 15.8. The first kappa shape index (κ1) is 19.2. The van der Waals surface area contributed by atoms with Gasteiger partial charge in [0, 0.05) is 28.7 Å². The molecule has 1 aromatic heterocycles. The molecular weight excluding hydrogens is 389 g/mol. The van der Waals surface area contributed by atoms with Crippen molar-refractivity contribution in [1.82, 2.24) is 9.97 Å². The van der Waals surface area contributed by atoms with Crippen LogP contribution in [0.5, 0.6) is 0 Å². The van der Waals surface area contributed by atoms with Crippen LogP contribution in [0.3, 0.4) is 0 Å². The van der Waals surface area contributed by atoms with E-state index in [0.717, 1.165) is 37.7 Å². The molecule has 0 radical (unpaired) electrons. The lowest BCUT2D eigenvalue weighted by Crippen LogP contribution is -2.37. The van der Waals surface area contributed by atoms with Gasteiger partial charge in [-0.3, -0.25) is 9.59 Å². The van der Waals surface area contributed by atoms with Crippen molar-refractivity contribution in [2.75, 3.05) is 0 Å². The summed E-state index contributed by atoms with van der Waals surface area (Å²) in [5.41, 5.74) is -3.98. The normalized spacial score (nSPS) is 18.5. The number of rotatable bonds is 6. The highest BCUT2D eigenvalue weighted by Crippen LogP contribution is 2.48. The van der Waals surface area contributed by atoms with Crippen LogP contribution in [-0.2, 0) is 5.41 Å². The van der Waals surface area contributed by atoms with Crippen LogP contribution >= 0.6 is 11.8 Å². The summed E-state index contributed by atoms with van der Waals surface area (Å²) in [6.07, 6.45) is 4.69. The molecular formula is C20H19F3N2O2S. The zero-order chi connectivity index (χ0) is 19.9. The Morgan fingerprint density at radius 3 is 2.43 bits per heavy atom. The van der Waals surface area contributed by atoms with Crippen molar-refractivity contribution in [2.24, 2.45) is 0 Å². The maximum Gasteiger partial charge on any atom is 0.446 e. The van der Waals surface area contributed by atoms with Crippen LogP contribution in [0.15, 0.2) is 40.0 Å². The molecule has 0 aliphatic heterocycles. The van der Waals surface area contributed by atoms with Crippen molar-refractivity contribution in [1.29, 1.82) is 0 Å². The first-order chi connectivity index (χ1) is 13.2. The first-order valence-corrected chi connectivity index (χ1v) is 10.1. The minimum Gasteiger partial charge on any atom is -0.310 e. The predicted octanol–water partition coefficient (Wildman–Crippen LogP) is 4.95. The second-order valence-electron chi connectivity index (χ2n) is 7.60. The molecule has 28 heavy (non-hydrogen) atoms. The number of alkyl halides is 3. The van der Waals surface area contributed by atoms with Gasteiger partial charge in [-0.2, -0.15) is 13.2 Å². The number of aromatic nitrogens is 2. The SMILES string of the molecule is O=C(CC1(c2ccc(SC(F)(F)F)cc2)CCC1)c1cc(=O)[nH]c(C2CC2)n1. The number of ketones is 1. The first-order valence-electron chi connectivity index (χ1n) is 9.25. The van der Waals surface area contributed by atoms with E-state index >= 15 is 0 Å². The van der Waals surface area contributed by atoms with Crippen LogP contribution in [0, 0.1) is 0 Å². The molecule has 0 amide bonds. The molecule has 2 saturated carbocycles. The van der Waals surface area contributed by atoms with Crippen LogP contribution in [-0.4, -0.2) is 21.3 Å². The van der Waals surface area contributed by atoms with Gasteiger partial charge >= 0.3 is 5.51 Å². The molecule has 2 fully saturated rings. The van der Waals surface area contributed by atoms with E-state index in [4.69, 9.17) is 0 Å². The van der Waals surface area contributed by atoms with E-state index in [9.17, 15) is 22.8 Å². The maximum atomic E-state index is 12.9. The van der Waals surface area contributed by atoms with E-state index in [1.54, 1.807) is 12.1 Å². The van der Waals surface area contributed by atoms with Gasteiger partial charge in [0.05, 0.1) is 0 Å². The predicted molar refractivity (Wildman–Crippen MR) is 99.7 cm³/mol. The molecule has 1 aromatic carbocycles. The Hall–Kier alpha value is -2.09. The highest BCUT2D eigenvalue weighted by molar-refractivity contribution is 8.00. The van der Waals surface area contributed by atoms with Gasteiger partial charge in [0.25, 0.3) is 5.56 Å². The summed E-state index contributed by atoms with van der Waals surface area (Å²) >= 11 is -0.147. The van der Waals surface area contributed by atoms with E-state index in [1.807, 2.05) is 0 Å². The van der Waals surface area contributed by atoms with Crippen LogP contribution in [0.1, 0.15) is 66.3 Å². The highest BCUT2D eigenvalue weighted by Gasteiger charge is 2.41. The van der Waals surface area contributed by atoms with Gasteiger partial charge in [-0.05, 0) is 55.1 Å². The Labute approximate surface area is 164 Å². The number of aromatic amines is 1. The summed E-state index contributed by atoms with van der Waals surface area (Å²) in [5, 5.41) is 0. The van der Waals surface area contributed by atoms with Crippen molar-refractivity contribution in [3.63, 3.8) is 0 Å². The molecule has 2 aliphatic rings. The molecule has 1 heterocycles. The van der Waals surface area contributed by atoms with Gasteiger partial charge in [0.1, 0.15) is 11.5 Å². The highest BCUT2D eigenvalue weighted by atomic mass is 32.2. The van der Waals surface area contributed by atoms with Crippen molar-refractivity contribution >= 4 is 17.5 Å². The Balaban J connectivity index is 1.54. The van der Waals surface area contributed by atoms with Crippen molar-refractivity contribution in [3.8, 4) is 0 Å². The summed E-state index contributed by atoms with van der Waals surface area (Å²) in [7, 11) is 0. The Bertz CT molecular complexity index is 945. The standard InChI is InChI=1S/C20H19F3N2O2S/c21-20(22,23)28-14-6-4-13(5-7-14)19(8-1-9-19)11-16(26)15-10-17(27)25-18(24-15)12-2-3-12/h4-7,10,12H,1-3,8-9,11H2,(H,24,25,27). The largest absolute Gasteiger partial charge is 0.446 e. The van der Waals surface area contributed by atoms with Gasteiger partial charge in [0.15, 0.2) is 5.78 Å². The molecule has 8 heteroatoms. The fourth-order valence-electron chi connectivity index (χ4n) is 3.75. The monoisotopic (exact) mass is 408 g/mol. The number of hydrogen-bond acceptors (Lipinski definition) is 4. The van der Waals surface area contributed by atoms with E-state index < -0.39 is 5.51 Å². The summed E-state index contributed by atoms with van der Waals surface area (Å²) in [6, 6.07) is 7.51. The number of benzene rings is 1. The van der Waals surface area contributed by atoms with Crippen molar-refractivity contribution in [3.05, 3.63) is 57.8 Å². The molecule has 2 aliphatic carbocycles. The lowest BCUT2D eigenvalue weighted by molar-refractivity contribution is -0.0328. The fraction of sp³-hybridized carbons (Fsp3) is 0.450. The van der Waals surface area contributed by atoms with Gasteiger partial charge in [-0.1, -0.05) is 18.6 Å². The molecule has 1 N–H and O–H groups in total. The van der Waals surface area contributed by atoms with Gasteiger partial charge in [-0.15, -0.1) is 0 Å². The number of carbonyl (C=O) groups excluding carboxylic acids is 1. The van der Waals surface area contributed by atoms with E-state index in [0.29, 0.717) is 5.82 Å². The van der Waals surface area contributed by atoms with E-state index in [1.165, 1.54) is 18.2 Å². The summed E-state index contributed by atoms with van der Waals surface area (Å²) in [5.74, 6) is 0.616. The molecule has 148 valence electrons. The topological polar surface area (TPSA) is 62.8 Å². The molecule has 0 bridgehead atoms. The second kappa shape index (κ2) is 7.06. The lowest BCUT2D eigenvalue weighted by Gasteiger charge is -2.42. The fourth-order valence-corrected chi connectivity index (χ4v) is 4.29. The number of Topliss-reactive ketones (excluding diaryl/α,β-unsaturated/α-hetero) is 1. The maximum absolute atomic E-state index is 12.9. The van der Waals surface area contributed by atoms with Gasteiger partial charge in [0.2, 0.25) is 0 Å². The van der Waals surface area contributed by atoms with Crippen LogP contribution in [0.25, 0.3) is 0 Å². The minimum absolute atomic E-state index is 0.127. The van der Waals surface area contributed by atoms with Gasteiger partial charge < -0.3 is 4.98 Å². The third kappa shape index (κ3) is 4.16. The molecule has 0 saturated heterocycles. The number of hydrogen-bond donors (Lipinski definition) is 1. The summed E-state index contributed by atoms with van der Waals surface area (Å²) in [6.45, 7) is 0. The Morgan fingerprint density at radius 1 is 1.21 bits per heavy atom. The average molecular weight is 408 g/mol. The summed E-state index contributed by atoms with van der Waals surface area (Å²) < 4.78 is 37.6. The molecule has 0 atom stereocenters. The van der Waals surface area contributed by atoms with E-state index in [2.05, 4.69) is 9.97 Å². The number of carbonyl (C=O) groups is 1. The number of nitrogens with zero attached hydrogens (tertiary/aromatic N) is 1. The molecule has 4 nitrogen and oxygen atoms in total. The van der Waals surface area contributed by atoms with Crippen LogP contribution in [0.4, 0.5) is 13.2 Å². The molecule has 2 aromatic rings. The Kier molecular flexibility index (Phi) is 4.85. The zero-order valence-electron chi connectivity index (χ0n) is 15.0. The number of nitrogens with one attached hydrogen (secondary N) is 1. The van der Waals surface area contributed by atoms with Crippen LogP contribution < -0.4 is 5.56 Å². The van der Waals surface area contributed by atoms with Crippen molar-refractivity contribution < 1.29 is 18.0 Å². The second-order valence-corrected chi connectivity index (χ2v) is 8.73. The Morgan fingerprint density at radius 2 is 1.89 bits per heavy atom. The molecule has 4 rings (SSSR count). The quantitative estimate of drug-likeness (QED) is 0.542. The van der Waals surface area contributed by atoms with Crippen LogP contribution in [0.2, 0.25) is 0 Å². The number of H-pyrrole nitrogens is 1. The lowest BCUT2D eigenvalue weighted by atomic mass is 9.62. The van der Waals surface area contributed by atoms with E-state index in [-0.39, 0.29) is 51.4 Å². The number of thioether (sulfide) groups is 1.